The van der Waals surface area contributed by atoms with Gasteiger partial charge in [0.25, 0.3) is 5.69 Å². The van der Waals surface area contributed by atoms with E-state index < -0.39 is 0 Å². The second-order valence-electron chi connectivity index (χ2n) is 4.33. The maximum Gasteiger partial charge on any atom is 0.278 e. The summed E-state index contributed by atoms with van der Waals surface area (Å²) in [5.74, 6) is 0. The summed E-state index contributed by atoms with van der Waals surface area (Å²) in [5, 5.41) is 10.7. The summed E-state index contributed by atoms with van der Waals surface area (Å²) in [6.07, 6.45) is 0. The van der Waals surface area contributed by atoms with Crippen molar-refractivity contribution in [2.75, 3.05) is 21.1 Å². The minimum absolute atomic E-state index is 0.209. The zero-order valence-electron chi connectivity index (χ0n) is 8.73. The fourth-order valence-electron chi connectivity index (χ4n) is 1.33. The van der Waals surface area contributed by atoms with Gasteiger partial charge in [-0.25, -0.2) is 0 Å². The molecule has 1 aromatic rings. The van der Waals surface area contributed by atoms with Gasteiger partial charge >= 0.3 is 0 Å². The fraction of sp³-hybridized carbons (Fsp3) is 0.400. The van der Waals surface area contributed by atoms with Crippen LogP contribution in [0, 0.1) is 10.1 Å². The van der Waals surface area contributed by atoms with Gasteiger partial charge in [0.05, 0.1) is 31.6 Å². The topological polar surface area (TPSA) is 43.1 Å². The van der Waals surface area contributed by atoms with Gasteiger partial charge in [0.1, 0.15) is 6.54 Å². The van der Waals surface area contributed by atoms with Crippen LogP contribution in [0.3, 0.4) is 0 Å². The van der Waals surface area contributed by atoms with E-state index in [-0.39, 0.29) is 10.6 Å². The summed E-state index contributed by atoms with van der Waals surface area (Å²) >= 11 is 0. The SMILES string of the molecule is C[N+](C)(C)Cc1ccccc1[N+](=O)[O-]. The van der Waals surface area contributed by atoms with E-state index in [0.717, 1.165) is 5.56 Å². The Labute approximate surface area is 83.5 Å². The lowest BCUT2D eigenvalue weighted by atomic mass is 10.1. The smallest absolute Gasteiger partial charge is 0.278 e. The van der Waals surface area contributed by atoms with E-state index >= 15 is 0 Å². The normalized spacial score (nSPS) is 11.4. The molecule has 1 aromatic carbocycles. The molecule has 1 rings (SSSR count). The van der Waals surface area contributed by atoms with Crippen LogP contribution in [-0.4, -0.2) is 30.5 Å². The molecule has 0 aliphatic carbocycles. The van der Waals surface area contributed by atoms with Gasteiger partial charge in [0.2, 0.25) is 0 Å². The van der Waals surface area contributed by atoms with E-state index in [2.05, 4.69) is 0 Å². The van der Waals surface area contributed by atoms with Crippen LogP contribution in [-0.2, 0) is 6.54 Å². The van der Waals surface area contributed by atoms with Crippen LogP contribution in [0.5, 0.6) is 0 Å². The molecule has 4 nitrogen and oxygen atoms in total. The first-order chi connectivity index (χ1) is 6.40. The highest BCUT2D eigenvalue weighted by Gasteiger charge is 2.18. The van der Waals surface area contributed by atoms with Crippen LogP contribution < -0.4 is 0 Å². The number of para-hydroxylation sites is 1. The Bertz CT molecular complexity index is 342. The molecular formula is C10H15N2O2+. The number of rotatable bonds is 3. The zero-order chi connectivity index (χ0) is 10.8. The van der Waals surface area contributed by atoms with Crippen molar-refractivity contribution in [1.82, 2.24) is 0 Å². The molecule has 0 bridgehead atoms. The van der Waals surface area contributed by atoms with Crippen molar-refractivity contribution in [1.29, 1.82) is 0 Å². The monoisotopic (exact) mass is 195 g/mol. The Balaban J connectivity index is 3.02. The summed E-state index contributed by atoms with van der Waals surface area (Å²) in [6.45, 7) is 0.664. The highest BCUT2D eigenvalue weighted by Crippen LogP contribution is 2.20. The third-order valence-electron chi connectivity index (χ3n) is 1.83. The molecule has 0 amide bonds. The standard InChI is InChI=1S/C10H15N2O2/c1-12(2,3)8-9-6-4-5-7-10(9)11(13)14/h4-7H,8H2,1-3H3/q+1. The number of quaternary nitrogens is 1. The summed E-state index contributed by atoms with van der Waals surface area (Å²) in [5.41, 5.74) is 0.991. The molecule has 0 heterocycles. The molecule has 4 heteroatoms. The van der Waals surface area contributed by atoms with Crippen LogP contribution in [0.15, 0.2) is 24.3 Å². The lowest BCUT2D eigenvalue weighted by Gasteiger charge is -2.23. The largest absolute Gasteiger partial charge is 0.327 e. The summed E-state index contributed by atoms with van der Waals surface area (Å²) < 4.78 is 0.685. The van der Waals surface area contributed by atoms with Crippen molar-refractivity contribution in [2.24, 2.45) is 0 Å². The van der Waals surface area contributed by atoms with Crippen molar-refractivity contribution in [3.8, 4) is 0 Å². The molecule has 0 aromatic heterocycles. The van der Waals surface area contributed by atoms with Gasteiger partial charge in [0, 0.05) is 6.07 Å². The van der Waals surface area contributed by atoms with Gasteiger partial charge in [-0.15, -0.1) is 0 Å². The third-order valence-corrected chi connectivity index (χ3v) is 1.83. The predicted octanol–water partition coefficient (Wildman–Crippen LogP) is 1.80. The molecule has 0 aliphatic heterocycles. The second-order valence-corrected chi connectivity index (χ2v) is 4.33. The molecule has 14 heavy (non-hydrogen) atoms. The number of nitro benzene ring substituents is 1. The van der Waals surface area contributed by atoms with Gasteiger partial charge in [-0.1, -0.05) is 12.1 Å². The highest BCUT2D eigenvalue weighted by atomic mass is 16.6. The van der Waals surface area contributed by atoms with Crippen molar-refractivity contribution in [3.63, 3.8) is 0 Å². The van der Waals surface area contributed by atoms with Crippen LogP contribution in [0.4, 0.5) is 5.69 Å². The Morgan fingerprint density at radius 1 is 1.29 bits per heavy atom. The molecule has 0 fully saturated rings. The van der Waals surface area contributed by atoms with Gasteiger partial charge in [0.15, 0.2) is 0 Å². The van der Waals surface area contributed by atoms with Crippen molar-refractivity contribution in [2.45, 2.75) is 6.54 Å². The first-order valence-corrected chi connectivity index (χ1v) is 4.43. The lowest BCUT2D eigenvalue weighted by molar-refractivity contribution is -0.884. The minimum atomic E-state index is -0.328. The number of benzene rings is 1. The average Bonchev–Trinajstić information content (AvgIpc) is 2.01. The van der Waals surface area contributed by atoms with Crippen molar-refractivity contribution < 1.29 is 9.41 Å². The van der Waals surface area contributed by atoms with Crippen molar-refractivity contribution in [3.05, 3.63) is 39.9 Å². The summed E-state index contributed by atoms with van der Waals surface area (Å²) in [4.78, 5) is 10.4. The molecule has 0 radical (unpaired) electrons. The Hall–Kier alpha value is -1.42. The van der Waals surface area contributed by atoms with E-state index in [1.165, 1.54) is 0 Å². The maximum atomic E-state index is 10.7. The molecule has 0 spiro atoms. The summed E-state index contributed by atoms with van der Waals surface area (Å²) in [7, 11) is 6.03. The quantitative estimate of drug-likeness (QED) is 0.419. The molecule has 0 saturated carbocycles. The Morgan fingerprint density at radius 3 is 2.36 bits per heavy atom. The molecule has 0 N–H and O–H groups in total. The first kappa shape index (κ1) is 10.7. The highest BCUT2D eigenvalue weighted by molar-refractivity contribution is 5.39. The zero-order valence-corrected chi connectivity index (χ0v) is 8.73. The van der Waals surface area contributed by atoms with Crippen LogP contribution in [0.2, 0.25) is 0 Å². The molecule has 0 saturated heterocycles. The molecule has 0 unspecified atom stereocenters. The molecule has 0 aliphatic rings. The number of hydrogen-bond acceptors (Lipinski definition) is 2. The molecule has 76 valence electrons. The second kappa shape index (κ2) is 3.75. The molecule has 0 atom stereocenters. The third kappa shape index (κ3) is 2.81. The lowest BCUT2D eigenvalue weighted by Crippen LogP contribution is -2.33. The van der Waals surface area contributed by atoms with Crippen molar-refractivity contribution >= 4 is 5.69 Å². The average molecular weight is 195 g/mol. The predicted molar refractivity (Wildman–Crippen MR) is 54.8 cm³/mol. The first-order valence-electron chi connectivity index (χ1n) is 4.43. The Kier molecular flexibility index (Phi) is 2.86. The fourth-order valence-corrected chi connectivity index (χ4v) is 1.33. The van der Waals surface area contributed by atoms with E-state index in [0.29, 0.717) is 11.0 Å². The number of hydrogen-bond donors (Lipinski definition) is 0. The van der Waals surface area contributed by atoms with Crippen LogP contribution in [0.1, 0.15) is 5.56 Å². The maximum absolute atomic E-state index is 10.7. The number of nitrogens with zero attached hydrogens (tertiary/aromatic N) is 2. The minimum Gasteiger partial charge on any atom is -0.327 e. The van der Waals surface area contributed by atoms with E-state index in [9.17, 15) is 10.1 Å². The van der Waals surface area contributed by atoms with Gasteiger partial charge in [-0.2, -0.15) is 0 Å². The van der Waals surface area contributed by atoms with E-state index in [4.69, 9.17) is 0 Å². The van der Waals surface area contributed by atoms with E-state index in [1.807, 2.05) is 33.3 Å². The van der Waals surface area contributed by atoms with Gasteiger partial charge in [-0.05, 0) is 6.07 Å². The Morgan fingerprint density at radius 2 is 1.86 bits per heavy atom. The summed E-state index contributed by atoms with van der Waals surface area (Å²) in [6, 6.07) is 6.88. The van der Waals surface area contributed by atoms with Gasteiger partial charge < -0.3 is 4.48 Å². The number of nitro groups is 1. The van der Waals surface area contributed by atoms with Crippen LogP contribution in [0.25, 0.3) is 0 Å². The molecular weight excluding hydrogens is 180 g/mol. The van der Waals surface area contributed by atoms with Gasteiger partial charge in [-0.3, -0.25) is 10.1 Å². The van der Waals surface area contributed by atoms with E-state index in [1.54, 1.807) is 12.1 Å². The van der Waals surface area contributed by atoms with Crippen LogP contribution >= 0.6 is 0 Å².